The van der Waals surface area contributed by atoms with Crippen molar-refractivity contribution in [3.8, 4) is 11.4 Å². The molecule has 1 aliphatic rings. The molecule has 0 aliphatic carbocycles. The second-order valence-electron chi connectivity index (χ2n) is 9.75. The maximum Gasteiger partial charge on any atom is 0.231 e. The van der Waals surface area contributed by atoms with Gasteiger partial charge in [-0.3, -0.25) is 5.41 Å². The first-order chi connectivity index (χ1) is 16.2. The van der Waals surface area contributed by atoms with Gasteiger partial charge in [0.25, 0.3) is 0 Å². The molecule has 0 spiro atoms. The van der Waals surface area contributed by atoms with Crippen molar-refractivity contribution in [3.05, 3.63) is 71.1 Å². The standard InChI is InChI=1S/C26H32N6O2.ClH/c1-17(30-33-16-18-5-11-22(12-6-18)26(2,3)4)19-7-9-20(10-8-19)23-29-24(34-31-23)21-13-14-32(15-21)25(27)28;/h5-12,21H,13-16H2,1-4H3,(H3,27,28);1H. The first-order valence-corrected chi connectivity index (χ1v) is 11.5. The predicted octanol–water partition coefficient (Wildman–Crippen LogP) is 5.08. The number of benzene rings is 2. The molecule has 1 unspecified atom stereocenters. The van der Waals surface area contributed by atoms with Crippen LogP contribution in [0.5, 0.6) is 0 Å². The average Bonchev–Trinajstić information content (AvgIpc) is 3.49. The molecule has 1 aromatic heterocycles. The lowest BCUT2D eigenvalue weighted by Crippen LogP contribution is -2.34. The lowest BCUT2D eigenvalue weighted by Gasteiger charge is -2.19. The number of hydrogen-bond donors (Lipinski definition) is 2. The van der Waals surface area contributed by atoms with E-state index in [-0.39, 0.29) is 29.7 Å². The summed E-state index contributed by atoms with van der Waals surface area (Å²) in [5.41, 5.74) is 10.7. The number of nitrogens with zero attached hydrogens (tertiary/aromatic N) is 4. The van der Waals surface area contributed by atoms with Crippen molar-refractivity contribution in [2.75, 3.05) is 13.1 Å². The minimum atomic E-state index is 0. The Morgan fingerprint density at radius 3 is 2.46 bits per heavy atom. The molecule has 1 fully saturated rings. The summed E-state index contributed by atoms with van der Waals surface area (Å²) in [6.45, 7) is 10.3. The van der Waals surface area contributed by atoms with Crippen LogP contribution in [0.25, 0.3) is 11.4 Å². The zero-order valence-corrected chi connectivity index (χ0v) is 21.4. The van der Waals surface area contributed by atoms with Gasteiger partial charge in [0.05, 0.1) is 11.6 Å². The van der Waals surface area contributed by atoms with E-state index in [0.29, 0.717) is 24.9 Å². The highest BCUT2D eigenvalue weighted by Crippen LogP contribution is 2.27. The Balaban J connectivity index is 0.00000342. The molecule has 0 bridgehead atoms. The van der Waals surface area contributed by atoms with Crippen molar-refractivity contribution in [3.63, 3.8) is 0 Å². The molecular weight excluding hydrogens is 464 g/mol. The van der Waals surface area contributed by atoms with E-state index in [0.717, 1.165) is 35.4 Å². The highest BCUT2D eigenvalue weighted by atomic mass is 35.5. The predicted molar refractivity (Wildman–Crippen MR) is 140 cm³/mol. The maximum atomic E-state index is 7.57. The molecule has 4 rings (SSSR count). The highest BCUT2D eigenvalue weighted by molar-refractivity contribution is 5.98. The Morgan fingerprint density at radius 2 is 1.86 bits per heavy atom. The first-order valence-electron chi connectivity index (χ1n) is 11.5. The first kappa shape index (κ1) is 26.2. The topological polar surface area (TPSA) is 114 Å². The van der Waals surface area contributed by atoms with Gasteiger partial charge in [-0.25, -0.2) is 0 Å². The lowest BCUT2D eigenvalue weighted by atomic mass is 9.87. The number of aromatic nitrogens is 2. The summed E-state index contributed by atoms with van der Waals surface area (Å²) in [6.07, 6.45) is 0.844. The van der Waals surface area contributed by atoms with Gasteiger partial charge in [0.15, 0.2) is 5.96 Å². The normalized spacial score (nSPS) is 16.2. The molecule has 9 heteroatoms. The number of oxime groups is 1. The molecular formula is C26H33ClN6O2. The van der Waals surface area contributed by atoms with E-state index in [2.05, 4.69) is 60.3 Å². The molecule has 35 heavy (non-hydrogen) atoms. The highest BCUT2D eigenvalue weighted by Gasteiger charge is 2.29. The minimum Gasteiger partial charge on any atom is -0.391 e. The van der Waals surface area contributed by atoms with E-state index < -0.39 is 0 Å². The Morgan fingerprint density at radius 1 is 1.17 bits per heavy atom. The van der Waals surface area contributed by atoms with Gasteiger partial charge < -0.3 is 20.0 Å². The van der Waals surface area contributed by atoms with Crippen LogP contribution < -0.4 is 5.73 Å². The summed E-state index contributed by atoms with van der Waals surface area (Å²) in [5.74, 6) is 1.31. The molecule has 186 valence electrons. The van der Waals surface area contributed by atoms with Gasteiger partial charge in [-0.2, -0.15) is 4.98 Å². The third kappa shape index (κ3) is 6.39. The lowest BCUT2D eigenvalue weighted by molar-refractivity contribution is 0.130. The molecule has 2 heterocycles. The SMILES string of the molecule is CC(=NOCc1ccc(C(C)(C)C)cc1)c1ccc(-c2noc(C3CCN(C(=N)N)C3)n2)cc1.Cl. The summed E-state index contributed by atoms with van der Waals surface area (Å²) in [4.78, 5) is 12.0. The molecule has 1 atom stereocenters. The van der Waals surface area contributed by atoms with Crippen LogP contribution in [-0.4, -0.2) is 39.8 Å². The van der Waals surface area contributed by atoms with E-state index >= 15 is 0 Å². The fraction of sp³-hybridized carbons (Fsp3) is 0.385. The van der Waals surface area contributed by atoms with Crippen LogP contribution >= 0.6 is 12.4 Å². The van der Waals surface area contributed by atoms with Crippen LogP contribution in [0.15, 0.2) is 58.2 Å². The number of halogens is 1. The van der Waals surface area contributed by atoms with Crippen molar-refractivity contribution in [2.45, 2.75) is 52.1 Å². The summed E-state index contributed by atoms with van der Waals surface area (Å²) in [6, 6.07) is 16.3. The second-order valence-corrected chi connectivity index (χ2v) is 9.75. The van der Waals surface area contributed by atoms with Crippen molar-refractivity contribution in [1.29, 1.82) is 5.41 Å². The van der Waals surface area contributed by atoms with Crippen LogP contribution in [0, 0.1) is 5.41 Å². The van der Waals surface area contributed by atoms with E-state index in [1.165, 1.54) is 5.56 Å². The molecule has 8 nitrogen and oxygen atoms in total. The van der Waals surface area contributed by atoms with Crippen molar-refractivity contribution >= 4 is 24.1 Å². The second kappa shape index (κ2) is 10.9. The Kier molecular flexibility index (Phi) is 8.17. The number of nitrogens with one attached hydrogen (secondary N) is 1. The third-order valence-electron chi connectivity index (χ3n) is 6.13. The van der Waals surface area contributed by atoms with Crippen LogP contribution in [0.2, 0.25) is 0 Å². The van der Waals surface area contributed by atoms with Gasteiger partial charge >= 0.3 is 0 Å². The molecule has 1 aliphatic heterocycles. The number of guanidine groups is 1. The van der Waals surface area contributed by atoms with Gasteiger partial charge in [0.1, 0.15) is 6.61 Å². The van der Waals surface area contributed by atoms with E-state index in [4.69, 9.17) is 20.5 Å². The average molecular weight is 497 g/mol. The quantitative estimate of drug-likeness (QED) is 0.279. The molecule has 0 radical (unpaired) electrons. The molecule has 2 aromatic carbocycles. The van der Waals surface area contributed by atoms with Crippen molar-refractivity contribution < 1.29 is 9.36 Å². The Labute approximate surface area is 212 Å². The summed E-state index contributed by atoms with van der Waals surface area (Å²) >= 11 is 0. The fourth-order valence-corrected chi connectivity index (χ4v) is 3.92. The minimum absolute atomic E-state index is 0. The monoisotopic (exact) mass is 496 g/mol. The molecule has 1 saturated heterocycles. The molecule has 0 saturated carbocycles. The maximum absolute atomic E-state index is 7.57. The van der Waals surface area contributed by atoms with Gasteiger partial charge in [0, 0.05) is 18.7 Å². The number of rotatable bonds is 6. The molecule has 0 amide bonds. The smallest absolute Gasteiger partial charge is 0.231 e. The molecule has 3 aromatic rings. The largest absolute Gasteiger partial charge is 0.391 e. The summed E-state index contributed by atoms with van der Waals surface area (Å²) < 4.78 is 5.49. The van der Waals surface area contributed by atoms with Crippen molar-refractivity contribution in [1.82, 2.24) is 15.0 Å². The number of likely N-dealkylation sites (tertiary alicyclic amines) is 1. The van der Waals surface area contributed by atoms with Crippen molar-refractivity contribution in [2.24, 2.45) is 10.9 Å². The van der Waals surface area contributed by atoms with Gasteiger partial charge in [-0.15, -0.1) is 12.4 Å². The van der Waals surface area contributed by atoms with Crippen LogP contribution in [0.3, 0.4) is 0 Å². The number of hydrogen-bond acceptors (Lipinski definition) is 6. The van der Waals surface area contributed by atoms with E-state index in [9.17, 15) is 0 Å². The van der Waals surface area contributed by atoms with E-state index in [1.54, 1.807) is 0 Å². The Hall–Kier alpha value is -3.39. The third-order valence-corrected chi connectivity index (χ3v) is 6.13. The zero-order valence-electron chi connectivity index (χ0n) is 20.6. The van der Waals surface area contributed by atoms with Gasteiger partial charge in [-0.1, -0.05) is 79.6 Å². The zero-order chi connectivity index (χ0) is 24.3. The van der Waals surface area contributed by atoms with Crippen LogP contribution in [0.1, 0.15) is 62.6 Å². The van der Waals surface area contributed by atoms with Gasteiger partial charge in [-0.05, 0) is 35.4 Å². The van der Waals surface area contributed by atoms with Gasteiger partial charge in [0.2, 0.25) is 11.7 Å². The van der Waals surface area contributed by atoms with Crippen LogP contribution in [0.4, 0.5) is 0 Å². The molecule has 3 N–H and O–H groups in total. The Bertz CT molecular complexity index is 1170. The summed E-state index contributed by atoms with van der Waals surface area (Å²) in [7, 11) is 0. The summed E-state index contributed by atoms with van der Waals surface area (Å²) in [5, 5.41) is 16.0. The van der Waals surface area contributed by atoms with E-state index in [1.807, 2.05) is 36.1 Å². The fourth-order valence-electron chi connectivity index (χ4n) is 3.92. The number of nitrogens with two attached hydrogens (primary N) is 1. The van der Waals surface area contributed by atoms with Crippen LogP contribution in [-0.2, 0) is 16.9 Å².